The fourth-order valence-electron chi connectivity index (χ4n) is 4.60. The molecule has 1 aliphatic rings. The molecule has 3 aromatic rings. The van der Waals surface area contributed by atoms with Crippen LogP contribution in [0, 0.1) is 6.92 Å². The Morgan fingerprint density at radius 1 is 1.11 bits per heavy atom. The number of halogens is 3. The first kappa shape index (κ1) is 27.1. The van der Waals surface area contributed by atoms with Gasteiger partial charge in [-0.3, -0.25) is 4.79 Å². The van der Waals surface area contributed by atoms with E-state index < -0.39 is 17.1 Å². The van der Waals surface area contributed by atoms with Gasteiger partial charge in [-0.15, -0.1) is 11.7 Å². The number of carbonyl (C=O) groups is 1. The molecule has 0 spiro atoms. The van der Waals surface area contributed by atoms with Crippen LogP contribution in [0.15, 0.2) is 48.5 Å². The smallest absolute Gasteiger partial charge is 0.244 e. The SMILES string of the molecule is Cc1cc(N2CCC(N(C)C)CC2)nc2ccc(NC(=O)CCc3ccc(OCS(F)(F)F)cc3)cc12. The van der Waals surface area contributed by atoms with Gasteiger partial charge >= 0.3 is 0 Å². The third kappa shape index (κ3) is 7.52. The van der Waals surface area contributed by atoms with Gasteiger partial charge < -0.3 is 19.9 Å². The van der Waals surface area contributed by atoms with Crippen LogP contribution < -0.4 is 15.0 Å². The highest BCUT2D eigenvalue weighted by molar-refractivity contribution is 8.20. The number of aromatic nitrogens is 1. The molecule has 0 aliphatic carbocycles. The normalized spacial score (nSPS) is 15.3. The third-order valence-electron chi connectivity index (χ3n) is 6.73. The number of hydrogen-bond acceptors (Lipinski definition) is 5. The zero-order valence-electron chi connectivity index (χ0n) is 21.3. The first-order chi connectivity index (χ1) is 17.6. The molecule has 1 saturated heterocycles. The van der Waals surface area contributed by atoms with Gasteiger partial charge in [-0.1, -0.05) is 12.1 Å². The largest absolute Gasteiger partial charge is 0.477 e. The molecule has 200 valence electrons. The Balaban J connectivity index is 1.33. The molecular formula is C27H33F3N4O2S. The summed E-state index contributed by atoms with van der Waals surface area (Å²) >= 11 is -5.19. The van der Waals surface area contributed by atoms with E-state index in [1.807, 2.05) is 18.2 Å². The molecule has 37 heavy (non-hydrogen) atoms. The fraction of sp³-hybridized carbons (Fsp3) is 0.407. The van der Waals surface area contributed by atoms with E-state index in [0.717, 1.165) is 53.8 Å². The number of hydrogen-bond donors (Lipinski definition) is 1. The number of nitrogens with zero attached hydrogens (tertiary/aromatic N) is 3. The lowest BCUT2D eigenvalue weighted by molar-refractivity contribution is -0.116. The Bertz CT molecular complexity index is 1230. The average Bonchev–Trinajstić information content (AvgIpc) is 2.86. The van der Waals surface area contributed by atoms with Gasteiger partial charge in [-0.2, -0.15) is 0 Å². The van der Waals surface area contributed by atoms with Gasteiger partial charge in [0.15, 0.2) is 5.94 Å². The number of rotatable bonds is 9. The van der Waals surface area contributed by atoms with Crippen molar-refractivity contribution in [3.8, 4) is 5.75 Å². The van der Waals surface area contributed by atoms with Gasteiger partial charge in [0, 0.05) is 36.6 Å². The molecule has 0 unspecified atom stereocenters. The predicted molar refractivity (Wildman–Crippen MR) is 145 cm³/mol. The number of piperidine rings is 1. The van der Waals surface area contributed by atoms with Gasteiger partial charge in [-0.25, -0.2) is 4.98 Å². The second-order valence-electron chi connectivity index (χ2n) is 9.67. The molecule has 4 rings (SSSR count). The summed E-state index contributed by atoms with van der Waals surface area (Å²) in [5.41, 5.74) is 3.57. The molecule has 1 aromatic heterocycles. The Morgan fingerprint density at radius 2 is 1.81 bits per heavy atom. The Hall–Kier alpha value is -2.98. The fourth-order valence-corrected chi connectivity index (χ4v) is 4.87. The Morgan fingerprint density at radius 3 is 2.46 bits per heavy atom. The highest BCUT2D eigenvalue weighted by Crippen LogP contribution is 2.52. The van der Waals surface area contributed by atoms with E-state index in [1.54, 1.807) is 12.1 Å². The van der Waals surface area contributed by atoms with Crippen LogP contribution in [-0.2, 0) is 11.2 Å². The van der Waals surface area contributed by atoms with Crippen molar-refractivity contribution in [2.24, 2.45) is 0 Å². The minimum atomic E-state index is -5.19. The zero-order chi connectivity index (χ0) is 26.6. The first-order valence-corrected chi connectivity index (χ1v) is 13.8. The number of benzene rings is 2. The number of pyridine rings is 1. The molecule has 10 heteroatoms. The average molecular weight is 535 g/mol. The minimum absolute atomic E-state index is 0.133. The van der Waals surface area contributed by atoms with E-state index in [0.29, 0.717) is 18.2 Å². The van der Waals surface area contributed by atoms with E-state index >= 15 is 0 Å². The van der Waals surface area contributed by atoms with Gasteiger partial charge in [-0.05, 0) is 87.8 Å². The molecule has 0 atom stereocenters. The van der Waals surface area contributed by atoms with Crippen molar-refractivity contribution >= 4 is 39.5 Å². The summed E-state index contributed by atoms with van der Waals surface area (Å²) in [6, 6.07) is 14.8. The van der Waals surface area contributed by atoms with Crippen LogP contribution in [0.2, 0.25) is 0 Å². The molecule has 2 heterocycles. The summed E-state index contributed by atoms with van der Waals surface area (Å²) < 4.78 is 41.8. The summed E-state index contributed by atoms with van der Waals surface area (Å²) in [6.07, 6.45) is 2.96. The topological polar surface area (TPSA) is 57.7 Å². The molecule has 1 aliphatic heterocycles. The number of aryl methyl sites for hydroxylation is 2. The number of carbonyl (C=O) groups excluding carboxylic acids is 1. The maximum atomic E-state index is 12.5. The molecule has 2 aromatic carbocycles. The summed E-state index contributed by atoms with van der Waals surface area (Å²) in [7, 11) is 4.27. The van der Waals surface area contributed by atoms with Gasteiger partial charge in [0.1, 0.15) is 11.6 Å². The maximum Gasteiger partial charge on any atom is 0.244 e. The van der Waals surface area contributed by atoms with E-state index in [-0.39, 0.29) is 18.1 Å². The van der Waals surface area contributed by atoms with Gasteiger partial charge in [0.2, 0.25) is 17.1 Å². The molecular weight excluding hydrogens is 501 g/mol. The highest BCUT2D eigenvalue weighted by Gasteiger charge is 2.22. The molecule has 0 saturated carbocycles. The predicted octanol–water partition coefficient (Wildman–Crippen LogP) is 6.44. The Labute approximate surface area is 218 Å². The van der Waals surface area contributed by atoms with E-state index in [2.05, 4.69) is 42.2 Å². The highest BCUT2D eigenvalue weighted by atomic mass is 32.3. The monoisotopic (exact) mass is 534 g/mol. The minimum Gasteiger partial charge on any atom is -0.477 e. The van der Waals surface area contributed by atoms with Crippen molar-refractivity contribution in [3.63, 3.8) is 0 Å². The van der Waals surface area contributed by atoms with Crippen LogP contribution >= 0.6 is 11.2 Å². The van der Waals surface area contributed by atoms with E-state index in [1.165, 1.54) is 12.1 Å². The van der Waals surface area contributed by atoms with Crippen LogP contribution in [-0.4, -0.2) is 55.0 Å². The molecule has 1 amide bonds. The quantitative estimate of drug-likeness (QED) is 0.342. The number of fused-ring (bicyclic) bond motifs is 1. The molecule has 0 bridgehead atoms. The summed E-state index contributed by atoms with van der Waals surface area (Å²) in [6.45, 7) is 4.04. The van der Waals surface area contributed by atoms with Gasteiger partial charge in [0.25, 0.3) is 0 Å². The van der Waals surface area contributed by atoms with Crippen LogP contribution in [0.25, 0.3) is 10.9 Å². The Kier molecular flexibility index (Phi) is 8.49. The maximum absolute atomic E-state index is 12.5. The zero-order valence-corrected chi connectivity index (χ0v) is 22.2. The van der Waals surface area contributed by atoms with Crippen molar-refractivity contribution in [1.82, 2.24) is 9.88 Å². The second-order valence-corrected chi connectivity index (χ2v) is 10.9. The van der Waals surface area contributed by atoms with Gasteiger partial charge in [0.05, 0.1) is 5.52 Å². The van der Waals surface area contributed by atoms with Crippen LogP contribution in [0.5, 0.6) is 5.75 Å². The molecule has 1 N–H and O–H groups in total. The number of anilines is 2. The van der Waals surface area contributed by atoms with Crippen LogP contribution in [0.4, 0.5) is 23.2 Å². The lowest BCUT2D eigenvalue weighted by Crippen LogP contribution is -2.42. The number of nitrogens with one attached hydrogen (secondary N) is 1. The second kappa shape index (κ2) is 11.6. The summed E-state index contributed by atoms with van der Waals surface area (Å²) in [5.74, 6) is -0.215. The van der Waals surface area contributed by atoms with E-state index in [9.17, 15) is 16.5 Å². The lowest BCUT2D eigenvalue weighted by atomic mass is 10.0. The van der Waals surface area contributed by atoms with Crippen LogP contribution in [0.1, 0.15) is 30.4 Å². The van der Waals surface area contributed by atoms with Crippen molar-refractivity contribution in [2.75, 3.05) is 43.3 Å². The number of amides is 1. The lowest BCUT2D eigenvalue weighted by Gasteiger charge is -2.36. The van der Waals surface area contributed by atoms with Crippen molar-refractivity contribution in [2.45, 2.75) is 38.6 Å². The molecule has 6 nitrogen and oxygen atoms in total. The third-order valence-corrected chi connectivity index (χ3v) is 7.11. The van der Waals surface area contributed by atoms with Crippen molar-refractivity contribution < 1.29 is 21.2 Å². The van der Waals surface area contributed by atoms with E-state index in [4.69, 9.17) is 9.72 Å². The molecule has 0 radical (unpaired) electrons. The standard InChI is InChI=1S/C27H33F3N4O2S/c1-19-16-26(34-14-12-22(13-15-34)33(2)3)32-25-10-7-21(17-24(19)25)31-27(35)11-6-20-4-8-23(9-5-20)36-18-37(28,29)30/h4-5,7-10,16-17,22H,6,11-15,18H2,1-3H3,(H,31,35). The summed E-state index contributed by atoms with van der Waals surface area (Å²) in [4.78, 5) is 22.1. The van der Waals surface area contributed by atoms with Crippen molar-refractivity contribution in [1.29, 1.82) is 0 Å². The summed E-state index contributed by atoms with van der Waals surface area (Å²) in [5, 5.41) is 3.95. The molecule has 1 fully saturated rings. The van der Waals surface area contributed by atoms with Crippen molar-refractivity contribution in [3.05, 3.63) is 59.7 Å². The number of ether oxygens (including phenoxy) is 1. The first-order valence-electron chi connectivity index (χ1n) is 12.3. The van der Waals surface area contributed by atoms with Crippen LogP contribution in [0.3, 0.4) is 0 Å².